The molecule has 6 nitrogen and oxygen atoms in total. The highest BCUT2D eigenvalue weighted by atomic mass is 16.5. The summed E-state index contributed by atoms with van der Waals surface area (Å²) in [5.41, 5.74) is 6.34. The summed E-state index contributed by atoms with van der Waals surface area (Å²) in [5, 5.41) is 6.15. The van der Waals surface area contributed by atoms with Gasteiger partial charge in [-0.25, -0.2) is 0 Å². The van der Waals surface area contributed by atoms with Crippen molar-refractivity contribution in [2.45, 2.75) is 51.7 Å². The second-order valence-corrected chi connectivity index (χ2v) is 5.63. The summed E-state index contributed by atoms with van der Waals surface area (Å²) in [7, 11) is 0. The van der Waals surface area contributed by atoms with Crippen LogP contribution in [-0.2, 0) is 4.79 Å². The molecule has 0 bridgehead atoms. The number of nitrogen functional groups attached to an aromatic ring is 1. The average Bonchev–Trinajstić information content (AvgIpc) is 3.21. The van der Waals surface area contributed by atoms with Crippen LogP contribution in [0.3, 0.4) is 0 Å². The third-order valence-corrected chi connectivity index (χ3v) is 3.07. The summed E-state index contributed by atoms with van der Waals surface area (Å²) >= 11 is 0. The molecule has 1 fully saturated rings. The van der Waals surface area contributed by atoms with E-state index in [2.05, 4.69) is 15.6 Å². The molecule has 1 aliphatic carbocycles. The minimum absolute atomic E-state index is 0.0289. The van der Waals surface area contributed by atoms with E-state index in [0.29, 0.717) is 36.4 Å². The summed E-state index contributed by atoms with van der Waals surface area (Å²) in [5.74, 6) is 1.29. The molecule has 4 N–H and O–H groups in total. The normalized spacial score (nSPS) is 14.0. The van der Waals surface area contributed by atoms with E-state index in [1.807, 2.05) is 19.9 Å². The van der Waals surface area contributed by atoms with Crippen LogP contribution in [0.5, 0.6) is 5.88 Å². The number of hydrogen-bond donors (Lipinski definition) is 3. The van der Waals surface area contributed by atoms with Crippen molar-refractivity contribution in [1.29, 1.82) is 0 Å². The predicted octanol–water partition coefficient (Wildman–Crippen LogP) is 1.92. The summed E-state index contributed by atoms with van der Waals surface area (Å²) in [6.45, 7) is 4.55. The van der Waals surface area contributed by atoms with E-state index in [9.17, 15) is 4.79 Å². The fraction of sp³-hybridized carbons (Fsp3) is 0.600. The average molecular weight is 292 g/mol. The number of carbonyl (C=O) groups is 1. The van der Waals surface area contributed by atoms with Gasteiger partial charge in [0.05, 0.1) is 11.8 Å². The fourth-order valence-electron chi connectivity index (χ4n) is 1.86. The molecule has 1 aromatic heterocycles. The number of rotatable bonds is 8. The number of carbonyl (C=O) groups excluding carboxylic acids is 1. The lowest BCUT2D eigenvalue weighted by atomic mass is 10.3. The topological polar surface area (TPSA) is 89.3 Å². The molecule has 6 heteroatoms. The SMILES string of the molecule is CC(C)Oc1nc(NCCCC(=O)NC2CC2)ccc1N. The zero-order valence-corrected chi connectivity index (χ0v) is 12.7. The van der Waals surface area contributed by atoms with E-state index in [1.54, 1.807) is 6.07 Å². The van der Waals surface area contributed by atoms with Gasteiger partial charge in [-0.2, -0.15) is 4.98 Å². The van der Waals surface area contributed by atoms with Crippen LogP contribution in [0.4, 0.5) is 11.5 Å². The van der Waals surface area contributed by atoms with Gasteiger partial charge in [-0.05, 0) is 45.2 Å². The number of nitrogens with zero attached hydrogens (tertiary/aromatic N) is 1. The van der Waals surface area contributed by atoms with Gasteiger partial charge in [-0.15, -0.1) is 0 Å². The standard InChI is InChI=1S/C15H24N4O2/c1-10(2)21-15-12(16)7-8-13(19-15)17-9-3-4-14(20)18-11-5-6-11/h7-8,10-11H,3-6,9,16H2,1-2H3,(H,17,19)(H,18,20). The van der Waals surface area contributed by atoms with Crippen LogP contribution < -0.4 is 21.1 Å². The van der Waals surface area contributed by atoms with Gasteiger partial charge in [0.1, 0.15) is 5.82 Å². The molecule has 0 spiro atoms. The monoisotopic (exact) mass is 292 g/mol. The van der Waals surface area contributed by atoms with E-state index < -0.39 is 0 Å². The highest BCUT2D eigenvalue weighted by Crippen LogP contribution is 2.22. The van der Waals surface area contributed by atoms with Crippen LogP contribution in [0.15, 0.2) is 12.1 Å². The van der Waals surface area contributed by atoms with Crippen LogP contribution in [-0.4, -0.2) is 29.6 Å². The van der Waals surface area contributed by atoms with Gasteiger partial charge in [0.25, 0.3) is 0 Å². The highest BCUT2D eigenvalue weighted by Gasteiger charge is 2.22. The van der Waals surface area contributed by atoms with Crippen molar-refractivity contribution in [3.63, 3.8) is 0 Å². The Bertz CT molecular complexity index is 487. The minimum atomic E-state index is 0.0289. The maximum atomic E-state index is 11.5. The van der Waals surface area contributed by atoms with Gasteiger partial charge in [-0.1, -0.05) is 0 Å². The van der Waals surface area contributed by atoms with Gasteiger partial charge in [0.2, 0.25) is 11.8 Å². The number of nitrogens with two attached hydrogens (primary N) is 1. The second-order valence-electron chi connectivity index (χ2n) is 5.63. The molecular weight excluding hydrogens is 268 g/mol. The Hall–Kier alpha value is -1.98. The molecular formula is C15H24N4O2. The first-order valence-electron chi connectivity index (χ1n) is 7.51. The molecule has 116 valence electrons. The predicted molar refractivity (Wildman–Crippen MR) is 83.3 cm³/mol. The van der Waals surface area contributed by atoms with Crippen LogP contribution in [0.2, 0.25) is 0 Å². The molecule has 0 saturated heterocycles. The van der Waals surface area contributed by atoms with Crippen LogP contribution in [0, 0.1) is 0 Å². The van der Waals surface area contributed by atoms with E-state index >= 15 is 0 Å². The number of hydrogen-bond acceptors (Lipinski definition) is 5. The summed E-state index contributed by atoms with van der Waals surface area (Å²) in [6, 6.07) is 4.01. The molecule has 1 aromatic rings. The summed E-state index contributed by atoms with van der Waals surface area (Å²) in [6.07, 6.45) is 3.58. The number of ether oxygens (including phenoxy) is 1. The van der Waals surface area contributed by atoms with E-state index in [1.165, 1.54) is 0 Å². The third-order valence-electron chi connectivity index (χ3n) is 3.07. The molecule has 2 rings (SSSR count). The third kappa shape index (κ3) is 5.49. The first kappa shape index (κ1) is 15.4. The summed E-state index contributed by atoms with van der Waals surface area (Å²) < 4.78 is 5.54. The Morgan fingerprint density at radius 2 is 2.24 bits per heavy atom. The number of nitrogens with one attached hydrogen (secondary N) is 2. The maximum Gasteiger partial charge on any atom is 0.239 e. The second kappa shape index (κ2) is 7.15. The molecule has 0 unspecified atom stereocenters. The van der Waals surface area contributed by atoms with E-state index in [0.717, 1.165) is 19.3 Å². The van der Waals surface area contributed by atoms with Crippen LogP contribution in [0.1, 0.15) is 39.5 Å². The molecule has 1 amide bonds. The Morgan fingerprint density at radius 1 is 1.48 bits per heavy atom. The summed E-state index contributed by atoms with van der Waals surface area (Å²) in [4.78, 5) is 15.9. The van der Waals surface area contributed by atoms with Gasteiger partial charge in [0, 0.05) is 19.0 Å². The van der Waals surface area contributed by atoms with Crippen molar-refractivity contribution < 1.29 is 9.53 Å². The molecule has 0 aliphatic heterocycles. The number of aromatic nitrogens is 1. The number of anilines is 2. The van der Waals surface area contributed by atoms with Gasteiger partial charge in [0.15, 0.2) is 0 Å². The molecule has 21 heavy (non-hydrogen) atoms. The van der Waals surface area contributed by atoms with Crippen molar-refractivity contribution in [2.24, 2.45) is 0 Å². The molecule has 1 heterocycles. The van der Waals surface area contributed by atoms with Crippen molar-refractivity contribution in [2.75, 3.05) is 17.6 Å². The Morgan fingerprint density at radius 3 is 2.90 bits per heavy atom. The first-order valence-corrected chi connectivity index (χ1v) is 7.51. The van der Waals surface area contributed by atoms with E-state index in [-0.39, 0.29) is 12.0 Å². The smallest absolute Gasteiger partial charge is 0.239 e. The minimum Gasteiger partial charge on any atom is -0.473 e. The largest absolute Gasteiger partial charge is 0.473 e. The zero-order chi connectivity index (χ0) is 15.2. The van der Waals surface area contributed by atoms with Crippen molar-refractivity contribution in [3.05, 3.63) is 12.1 Å². The quantitative estimate of drug-likeness (QED) is 0.637. The van der Waals surface area contributed by atoms with Gasteiger partial charge < -0.3 is 21.1 Å². The zero-order valence-electron chi connectivity index (χ0n) is 12.7. The van der Waals surface area contributed by atoms with Crippen LogP contribution in [0.25, 0.3) is 0 Å². The van der Waals surface area contributed by atoms with E-state index in [4.69, 9.17) is 10.5 Å². The van der Waals surface area contributed by atoms with Crippen molar-refractivity contribution >= 4 is 17.4 Å². The molecule has 0 aromatic carbocycles. The molecule has 1 saturated carbocycles. The lowest BCUT2D eigenvalue weighted by Crippen LogP contribution is -2.25. The highest BCUT2D eigenvalue weighted by molar-refractivity contribution is 5.76. The fourth-order valence-corrected chi connectivity index (χ4v) is 1.86. The lowest BCUT2D eigenvalue weighted by Gasteiger charge is -2.13. The number of pyridine rings is 1. The van der Waals surface area contributed by atoms with Crippen molar-refractivity contribution in [1.82, 2.24) is 10.3 Å². The Labute approximate surface area is 125 Å². The van der Waals surface area contributed by atoms with Crippen molar-refractivity contribution in [3.8, 4) is 5.88 Å². The molecule has 0 radical (unpaired) electrons. The lowest BCUT2D eigenvalue weighted by molar-refractivity contribution is -0.121. The van der Waals surface area contributed by atoms with Gasteiger partial charge in [-0.3, -0.25) is 4.79 Å². The van der Waals surface area contributed by atoms with Crippen LogP contribution >= 0.6 is 0 Å². The Kier molecular flexibility index (Phi) is 5.25. The molecule has 1 aliphatic rings. The first-order chi connectivity index (χ1) is 10.0. The van der Waals surface area contributed by atoms with Gasteiger partial charge >= 0.3 is 0 Å². The Balaban J connectivity index is 1.73. The maximum absolute atomic E-state index is 11.5. The number of amides is 1. The molecule has 0 atom stereocenters.